The maximum absolute atomic E-state index is 9.91. The number of hydrogen-bond donors (Lipinski definition) is 1. The Morgan fingerprint density at radius 2 is 2.17 bits per heavy atom. The number of methoxy groups -OCH3 is 1. The van der Waals surface area contributed by atoms with Gasteiger partial charge >= 0.3 is 0 Å². The zero-order valence-electron chi connectivity index (χ0n) is 10.9. The molecule has 0 saturated heterocycles. The van der Waals surface area contributed by atoms with Gasteiger partial charge in [-0.1, -0.05) is 30.7 Å². The van der Waals surface area contributed by atoms with E-state index in [-0.39, 0.29) is 0 Å². The first kappa shape index (κ1) is 13.2. The summed E-state index contributed by atoms with van der Waals surface area (Å²) in [5.41, 5.74) is 1.74. The predicted molar refractivity (Wildman–Crippen MR) is 74.4 cm³/mol. The number of hydrogen-bond acceptors (Lipinski definition) is 2. The van der Waals surface area contributed by atoms with Crippen molar-refractivity contribution in [3.05, 3.63) is 28.9 Å². The summed E-state index contributed by atoms with van der Waals surface area (Å²) < 4.78 is 7.41. The third-order valence-electron chi connectivity index (χ3n) is 3.10. The zero-order valence-corrected chi connectivity index (χ0v) is 11.7. The quantitative estimate of drug-likeness (QED) is 0.915. The largest absolute Gasteiger partial charge is 0.495 e. The summed E-state index contributed by atoms with van der Waals surface area (Å²) in [7, 11) is 1.65. The number of aliphatic hydroxyl groups is 1. The predicted octanol–water partition coefficient (Wildman–Crippen LogP) is 3.77. The molecule has 1 atom stereocenters. The van der Waals surface area contributed by atoms with Gasteiger partial charge in [0.1, 0.15) is 10.9 Å². The number of rotatable bonds is 4. The van der Waals surface area contributed by atoms with E-state index in [1.54, 1.807) is 14.0 Å². The molecule has 0 saturated carbocycles. The highest BCUT2D eigenvalue weighted by molar-refractivity contribution is 6.32. The Labute approximate surface area is 112 Å². The average molecular weight is 268 g/mol. The molecule has 1 aromatic heterocycles. The van der Waals surface area contributed by atoms with Crippen molar-refractivity contribution in [1.82, 2.24) is 4.57 Å². The molecule has 0 spiro atoms. The summed E-state index contributed by atoms with van der Waals surface area (Å²) >= 11 is 6.40. The summed E-state index contributed by atoms with van der Waals surface area (Å²) in [5, 5.41) is 11.5. The van der Waals surface area contributed by atoms with Crippen LogP contribution in [0.25, 0.3) is 10.9 Å². The van der Waals surface area contributed by atoms with E-state index < -0.39 is 6.10 Å². The molecule has 1 heterocycles. The van der Waals surface area contributed by atoms with Crippen LogP contribution in [0.15, 0.2) is 18.2 Å². The number of halogens is 1. The highest BCUT2D eigenvalue weighted by atomic mass is 35.5. The summed E-state index contributed by atoms with van der Waals surface area (Å²) in [5.74, 6) is 0.787. The minimum atomic E-state index is -0.592. The number of ether oxygens (including phenoxy) is 1. The number of aromatic nitrogens is 1. The van der Waals surface area contributed by atoms with Crippen LogP contribution in [0, 0.1) is 0 Å². The highest BCUT2D eigenvalue weighted by Gasteiger charge is 2.20. The van der Waals surface area contributed by atoms with Crippen molar-refractivity contribution >= 4 is 22.5 Å². The Bertz CT molecular complexity index is 560. The van der Waals surface area contributed by atoms with E-state index in [0.29, 0.717) is 5.15 Å². The second-order valence-electron chi connectivity index (χ2n) is 4.39. The summed E-state index contributed by atoms with van der Waals surface area (Å²) in [6.07, 6.45) is 0.381. The van der Waals surface area contributed by atoms with Crippen LogP contribution in [-0.2, 0) is 6.54 Å². The van der Waals surface area contributed by atoms with Gasteiger partial charge < -0.3 is 14.4 Å². The van der Waals surface area contributed by atoms with Gasteiger partial charge in [0.15, 0.2) is 0 Å². The first-order valence-electron chi connectivity index (χ1n) is 6.14. The lowest BCUT2D eigenvalue weighted by Crippen LogP contribution is -1.99. The van der Waals surface area contributed by atoms with Crippen molar-refractivity contribution in [2.24, 2.45) is 0 Å². The molecular formula is C14H18ClNO2. The van der Waals surface area contributed by atoms with Gasteiger partial charge in [-0.05, 0) is 19.4 Å². The third kappa shape index (κ3) is 1.98. The maximum Gasteiger partial charge on any atom is 0.143 e. The molecule has 3 nitrogen and oxygen atoms in total. The molecule has 98 valence electrons. The molecule has 0 aliphatic heterocycles. The number of aliphatic hydroxyl groups excluding tert-OH is 1. The summed E-state index contributed by atoms with van der Waals surface area (Å²) in [6, 6.07) is 5.80. The zero-order chi connectivity index (χ0) is 13.3. The smallest absolute Gasteiger partial charge is 0.143 e. The molecular weight excluding hydrogens is 250 g/mol. The second kappa shape index (κ2) is 5.21. The van der Waals surface area contributed by atoms with Gasteiger partial charge in [0.2, 0.25) is 0 Å². The Hall–Kier alpha value is -1.19. The standard InChI is InChI=1S/C14H18ClNO2/c1-4-8-16-13-10(6-5-7-11(13)18-3)12(9(2)17)14(16)15/h5-7,9,17H,4,8H2,1-3H3. The molecule has 4 heteroatoms. The molecule has 1 N–H and O–H groups in total. The molecule has 0 aliphatic rings. The van der Waals surface area contributed by atoms with Crippen LogP contribution < -0.4 is 4.74 Å². The molecule has 1 aromatic carbocycles. The van der Waals surface area contributed by atoms with Gasteiger partial charge in [0, 0.05) is 17.5 Å². The lowest BCUT2D eigenvalue weighted by atomic mass is 10.1. The second-order valence-corrected chi connectivity index (χ2v) is 4.75. The van der Waals surface area contributed by atoms with Gasteiger partial charge in [-0.3, -0.25) is 0 Å². The molecule has 0 bridgehead atoms. The molecule has 0 fully saturated rings. The summed E-state index contributed by atoms with van der Waals surface area (Å²) in [6.45, 7) is 4.64. The maximum atomic E-state index is 9.91. The van der Waals surface area contributed by atoms with Crippen molar-refractivity contribution in [2.75, 3.05) is 7.11 Å². The van der Waals surface area contributed by atoms with Crippen molar-refractivity contribution in [2.45, 2.75) is 32.9 Å². The van der Waals surface area contributed by atoms with Crippen molar-refractivity contribution in [1.29, 1.82) is 0 Å². The Morgan fingerprint density at radius 1 is 1.44 bits per heavy atom. The van der Waals surface area contributed by atoms with E-state index >= 15 is 0 Å². The Balaban J connectivity index is 2.83. The lowest BCUT2D eigenvalue weighted by Gasteiger charge is -2.08. The molecule has 2 rings (SSSR count). The molecule has 18 heavy (non-hydrogen) atoms. The SMILES string of the molecule is CCCn1c(Cl)c(C(C)O)c2cccc(OC)c21. The molecule has 0 radical (unpaired) electrons. The van der Waals surface area contributed by atoms with Crippen molar-refractivity contribution < 1.29 is 9.84 Å². The van der Waals surface area contributed by atoms with E-state index in [9.17, 15) is 5.11 Å². The van der Waals surface area contributed by atoms with Gasteiger partial charge in [-0.25, -0.2) is 0 Å². The number of fused-ring (bicyclic) bond motifs is 1. The van der Waals surface area contributed by atoms with Crippen LogP contribution in [-0.4, -0.2) is 16.8 Å². The van der Waals surface area contributed by atoms with Gasteiger partial charge in [0.25, 0.3) is 0 Å². The normalized spacial score (nSPS) is 12.9. The molecule has 0 amide bonds. The van der Waals surface area contributed by atoms with E-state index in [1.807, 2.05) is 22.8 Å². The first-order valence-corrected chi connectivity index (χ1v) is 6.52. The van der Waals surface area contributed by atoms with Gasteiger partial charge in [-0.2, -0.15) is 0 Å². The van der Waals surface area contributed by atoms with Crippen molar-refractivity contribution in [3.63, 3.8) is 0 Å². The number of para-hydroxylation sites is 1. The average Bonchev–Trinajstić information content (AvgIpc) is 2.63. The fourth-order valence-electron chi connectivity index (χ4n) is 2.37. The van der Waals surface area contributed by atoms with Gasteiger partial charge in [0.05, 0.1) is 18.7 Å². The lowest BCUT2D eigenvalue weighted by molar-refractivity contribution is 0.200. The van der Waals surface area contributed by atoms with Crippen LogP contribution in [0.3, 0.4) is 0 Å². The minimum Gasteiger partial charge on any atom is -0.495 e. The monoisotopic (exact) mass is 267 g/mol. The Kier molecular flexibility index (Phi) is 3.83. The molecule has 0 aliphatic carbocycles. The van der Waals surface area contributed by atoms with E-state index in [4.69, 9.17) is 16.3 Å². The van der Waals surface area contributed by atoms with E-state index in [1.165, 1.54) is 0 Å². The van der Waals surface area contributed by atoms with Crippen LogP contribution in [0.1, 0.15) is 31.9 Å². The van der Waals surface area contributed by atoms with E-state index in [2.05, 4.69) is 6.92 Å². The molecule has 2 aromatic rings. The van der Waals surface area contributed by atoms with E-state index in [0.717, 1.165) is 35.2 Å². The van der Waals surface area contributed by atoms with Gasteiger partial charge in [-0.15, -0.1) is 0 Å². The fraction of sp³-hybridized carbons (Fsp3) is 0.429. The highest BCUT2D eigenvalue weighted by Crippen LogP contribution is 2.38. The number of benzene rings is 1. The summed E-state index contributed by atoms with van der Waals surface area (Å²) in [4.78, 5) is 0. The van der Waals surface area contributed by atoms with Crippen molar-refractivity contribution in [3.8, 4) is 5.75 Å². The Morgan fingerprint density at radius 3 is 2.72 bits per heavy atom. The third-order valence-corrected chi connectivity index (χ3v) is 3.51. The number of nitrogens with zero attached hydrogens (tertiary/aromatic N) is 1. The molecule has 1 unspecified atom stereocenters. The van der Waals surface area contributed by atoms with Crippen LogP contribution >= 0.6 is 11.6 Å². The van der Waals surface area contributed by atoms with Crippen LogP contribution in [0.5, 0.6) is 5.75 Å². The number of aryl methyl sites for hydroxylation is 1. The minimum absolute atomic E-state index is 0.592. The van der Waals surface area contributed by atoms with Crippen LogP contribution in [0.2, 0.25) is 5.15 Å². The fourth-order valence-corrected chi connectivity index (χ4v) is 2.80. The first-order chi connectivity index (χ1) is 8.61. The van der Waals surface area contributed by atoms with Crippen LogP contribution in [0.4, 0.5) is 0 Å². The topological polar surface area (TPSA) is 34.4 Å².